The van der Waals surface area contributed by atoms with Gasteiger partial charge in [-0.05, 0) is 29.8 Å². The van der Waals surface area contributed by atoms with Crippen LogP contribution in [0.5, 0.6) is 5.75 Å². The van der Waals surface area contributed by atoms with Gasteiger partial charge in [0.1, 0.15) is 5.75 Å². The Kier molecular flexibility index (Phi) is 5.90. The number of nitrogens with one attached hydrogen (secondary N) is 2. The van der Waals surface area contributed by atoms with Crippen LogP contribution in [-0.4, -0.2) is 28.2 Å². The van der Waals surface area contributed by atoms with Crippen LogP contribution in [0.4, 0.5) is 11.4 Å². The summed E-state index contributed by atoms with van der Waals surface area (Å²) in [5, 5.41) is 10.3. The van der Waals surface area contributed by atoms with E-state index in [4.69, 9.17) is 9.84 Å². The minimum Gasteiger partial charge on any atom is -0.482 e. The maximum atomic E-state index is 12.6. The average molecular weight is 450 g/mol. The lowest BCUT2D eigenvalue weighted by Gasteiger charge is -2.18. The van der Waals surface area contributed by atoms with Crippen LogP contribution < -0.4 is 15.4 Å². The maximum Gasteiger partial charge on any atom is 0.262 e. The van der Waals surface area contributed by atoms with Crippen molar-refractivity contribution in [2.24, 2.45) is 0 Å². The molecule has 0 bridgehead atoms. The summed E-state index contributed by atoms with van der Waals surface area (Å²) in [6.07, 6.45) is 5.17. The summed E-state index contributed by atoms with van der Waals surface area (Å²) in [4.78, 5) is 24.2. The number of benzene rings is 3. The molecule has 1 aliphatic rings. The highest BCUT2D eigenvalue weighted by molar-refractivity contribution is 6.03. The van der Waals surface area contributed by atoms with Gasteiger partial charge in [-0.3, -0.25) is 14.3 Å². The normalized spacial score (nSPS) is 12.6. The van der Waals surface area contributed by atoms with Crippen molar-refractivity contribution < 1.29 is 14.3 Å². The first-order valence-electron chi connectivity index (χ1n) is 10.9. The van der Waals surface area contributed by atoms with Gasteiger partial charge in [0.05, 0.1) is 17.9 Å². The quantitative estimate of drug-likeness (QED) is 0.421. The second kappa shape index (κ2) is 9.46. The van der Waals surface area contributed by atoms with Crippen molar-refractivity contribution in [3.05, 3.63) is 102 Å². The van der Waals surface area contributed by atoms with Gasteiger partial charge in [0.2, 0.25) is 5.91 Å². The van der Waals surface area contributed by atoms with E-state index in [-0.39, 0.29) is 18.4 Å². The van der Waals surface area contributed by atoms with Gasteiger partial charge >= 0.3 is 0 Å². The van der Waals surface area contributed by atoms with E-state index in [0.29, 0.717) is 23.7 Å². The molecule has 0 spiro atoms. The highest BCUT2D eigenvalue weighted by Crippen LogP contribution is 2.30. The minimum atomic E-state index is -0.294. The summed E-state index contributed by atoms with van der Waals surface area (Å²) in [5.74, 6) is 0.0566. The third-order valence-corrected chi connectivity index (χ3v) is 5.32. The first-order chi connectivity index (χ1) is 16.6. The first kappa shape index (κ1) is 21.2. The predicted molar refractivity (Wildman–Crippen MR) is 131 cm³/mol. The number of amides is 2. The van der Waals surface area contributed by atoms with Gasteiger partial charge in [-0.25, -0.2) is 0 Å². The molecule has 0 saturated carbocycles. The lowest BCUT2D eigenvalue weighted by molar-refractivity contribution is -0.118. The van der Waals surface area contributed by atoms with Crippen LogP contribution in [0.2, 0.25) is 0 Å². The third kappa shape index (κ3) is 4.88. The van der Waals surface area contributed by atoms with Crippen molar-refractivity contribution in [3.63, 3.8) is 0 Å². The Morgan fingerprint density at radius 1 is 1.06 bits per heavy atom. The van der Waals surface area contributed by atoms with Gasteiger partial charge in [0.25, 0.3) is 5.91 Å². The molecule has 168 valence electrons. The zero-order valence-corrected chi connectivity index (χ0v) is 18.3. The Hall–Kier alpha value is -4.65. The van der Waals surface area contributed by atoms with Gasteiger partial charge in [-0.2, -0.15) is 5.10 Å². The molecule has 2 amide bonds. The lowest BCUT2D eigenvalue weighted by Crippen LogP contribution is -2.25. The number of hydrogen-bond acceptors (Lipinski definition) is 4. The van der Waals surface area contributed by atoms with E-state index in [9.17, 15) is 9.59 Å². The van der Waals surface area contributed by atoms with Crippen LogP contribution in [-0.2, 0) is 16.1 Å². The number of aromatic nitrogens is 2. The van der Waals surface area contributed by atoms with E-state index in [2.05, 4.69) is 22.8 Å². The fourth-order valence-electron chi connectivity index (χ4n) is 3.74. The molecule has 7 heteroatoms. The molecule has 0 aliphatic carbocycles. The topological polar surface area (TPSA) is 85.3 Å². The van der Waals surface area contributed by atoms with Crippen LogP contribution in [0.25, 0.3) is 17.3 Å². The summed E-state index contributed by atoms with van der Waals surface area (Å²) >= 11 is 0. The number of carbonyl (C=O) groups is 2. The Labute approximate surface area is 196 Å². The molecule has 0 radical (unpaired) electrons. The Morgan fingerprint density at radius 2 is 1.82 bits per heavy atom. The summed E-state index contributed by atoms with van der Waals surface area (Å²) in [6, 6.07) is 25.1. The number of ether oxygens (including phenoxy) is 1. The van der Waals surface area contributed by atoms with Gasteiger partial charge in [0, 0.05) is 29.1 Å². The average Bonchev–Trinajstić information content (AvgIpc) is 3.26. The monoisotopic (exact) mass is 450 g/mol. The van der Waals surface area contributed by atoms with Crippen LogP contribution in [0.1, 0.15) is 11.1 Å². The van der Waals surface area contributed by atoms with Crippen molar-refractivity contribution in [1.29, 1.82) is 0 Å². The molecule has 0 atom stereocenters. The van der Waals surface area contributed by atoms with Crippen molar-refractivity contribution in [1.82, 2.24) is 9.78 Å². The summed E-state index contributed by atoms with van der Waals surface area (Å²) < 4.78 is 7.23. The molecule has 5 rings (SSSR count). The van der Waals surface area contributed by atoms with Gasteiger partial charge < -0.3 is 15.4 Å². The van der Waals surface area contributed by atoms with Gasteiger partial charge in [-0.15, -0.1) is 0 Å². The number of rotatable bonds is 6. The number of carbonyl (C=O) groups excluding carboxylic acids is 2. The molecule has 0 unspecified atom stereocenters. The Morgan fingerprint density at radius 3 is 2.62 bits per heavy atom. The Balaban J connectivity index is 1.36. The molecule has 4 aromatic rings. The molecule has 34 heavy (non-hydrogen) atoms. The van der Waals surface area contributed by atoms with Gasteiger partial charge in [0.15, 0.2) is 6.61 Å². The van der Waals surface area contributed by atoms with Crippen molar-refractivity contribution in [2.75, 3.05) is 17.2 Å². The molecule has 2 N–H and O–H groups in total. The zero-order chi connectivity index (χ0) is 23.3. The fraction of sp³-hybridized carbons (Fsp3) is 0.0741. The molecule has 0 fully saturated rings. The largest absolute Gasteiger partial charge is 0.482 e. The van der Waals surface area contributed by atoms with Crippen molar-refractivity contribution in [3.8, 4) is 17.0 Å². The standard InChI is InChI=1S/C27H22N4O3/c32-25(28-22-12-13-24-23(15-22)29-26(33)18-34-24)14-11-21-17-31(16-19-7-3-1-4-8-19)30-27(21)20-9-5-2-6-10-20/h1-15,17H,16,18H2,(H,28,32)(H,29,33)/b14-11+. The van der Waals surface area contributed by atoms with Crippen LogP contribution in [0, 0.1) is 0 Å². The van der Waals surface area contributed by atoms with Crippen molar-refractivity contribution >= 4 is 29.3 Å². The van der Waals surface area contributed by atoms with Crippen LogP contribution >= 0.6 is 0 Å². The predicted octanol–water partition coefficient (Wildman–Crippen LogP) is 4.58. The number of nitrogens with zero attached hydrogens (tertiary/aromatic N) is 2. The molecule has 2 heterocycles. The van der Waals surface area contributed by atoms with Gasteiger partial charge in [-0.1, -0.05) is 60.7 Å². The number of anilines is 2. The van der Waals surface area contributed by atoms with Crippen LogP contribution in [0.3, 0.4) is 0 Å². The SMILES string of the molecule is O=C(/C=C/c1cn(Cc2ccccc2)nc1-c1ccccc1)Nc1ccc2c(c1)NC(=O)CO2. The summed E-state index contributed by atoms with van der Waals surface area (Å²) in [5.41, 5.74) is 4.84. The smallest absolute Gasteiger partial charge is 0.262 e. The molecule has 7 nitrogen and oxygen atoms in total. The fourth-order valence-corrected chi connectivity index (χ4v) is 3.74. The minimum absolute atomic E-state index is 0.0108. The van der Waals surface area contributed by atoms with Crippen LogP contribution in [0.15, 0.2) is 91.1 Å². The van der Waals surface area contributed by atoms with E-state index in [1.165, 1.54) is 6.08 Å². The summed E-state index contributed by atoms with van der Waals surface area (Å²) in [7, 11) is 0. The highest BCUT2D eigenvalue weighted by Gasteiger charge is 2.16. The van der Waals surface area contributed by atoms with E-state index in [0.717, 1.165) is 22.4 Å². The maximum absolute atomic E-state index is 12.6. The number of hydrogen-bond donors (Lipinski definition) is 2. The second-order valence-electron chi connectivity index (χ2n) is 7.85. The van der Waals surface area contributed by atoms with Crippen molar-refractivity contribution in [2.45, 2.75) is 6.54 Å². The second-order valence-corrected chi connectivity index (χ2v) is 7.85. The molecule has 3 aromatic carbocycles. The van der Waals surface area contributed by atoms with E-state index < -0.39 is 0 Å². The lowest BCUT2D eigenvalue weighted by atomic mass is 10.1. The molecule has 1 aromatic heterocycles. The molecular weight excluding hydrogens is 428 g/mol. The zero-order valence-electron chi connectivity index (χ0n) is 18.3. The Bertz CT molecular complexity index is 1360. The molecule has 0 saturated heterocycles. The first-order valence-corrected chi connectivity index (χ1v) is 10.9. The van der Waals surface area contributed by atoms with E-state index in [1.807, 2.05) is 59.4 Å². The third-order valence-electron chi connectivity index (χ3n) is 5.32. The molecular formula is C27H22N4O3. The molecule has 1 aliphatic heterocycles. The number of fused-ring (bicyclic) bond motifs is 1. The highest BCUT2D eigenvalue weighted by atomic mass is 16.5. The summed E-state index contributed by atoms with van der Waals surface area (Å²) in [6.45, 7) is 0.618. The van der Waals surface area contributed by atoms with E-state index >= 15 is 0 Å². The van der Waals surface area contributed by atoms with E-state index in [1.54, 1.807) is 24.3 Å².